The first kappa shape index (κ1) is 17.9. The van der Waals surface area contributed by atoms with Gasteiger partial charge in [-0.2, -0.15) is 0 Å². The molecule has 6 nitrogen and oxygen atoms in total. The van der Waals surface area contributed by atoms with Gasteiger partial charge in [-0.15, -0.1) is 11.3 Å². The molecule has 0 atom stereocenters. The maximum Gasteiger partial charge on any atom is 0.191 e. The van der Waals surface area contributed by atoms with Gasteiger partial charge in [0.2, 0.25) is 0 Å². The Labute approximate surface area is 131 Å². The molecule has 7 heteroatoms. The summed E-state index contributed by atoms with van der Waals surface area (Å²) in [6.07, 6.45) is 1.92. The van der Waals surface area contributed by atoms with E-state index in [4.69, 9.17) is 9.47 Å². The molecule has 0 amide bonds. The van der Waals surface area contributed by atoms with Crippen molar-refractivity contribution in [3.63, 3.8) is 0 Å². The van der Waals surface area contributed by atoms with E-state index < -0.39 is 0 Å². The van der Waals surface area contributed by atoms with Gasteiger partial charge < -0.3 is 20.1 Å². The number of aryl methyl sites for hydroxylation is 1. The molecule has 1 aromatic rings. The van der Waals surface area contributed by atoms with Crippen molar-refractivity contribution in [3.05, 3.63) is 16.1 Å². The fourth-order valence-electron chi connectivity index (χ4n) is 1.61. The molecule has 0 aromatic carbocycles. The second kappa shape index (κ2) is 11.5. The Hall–Kier alpha value is -1.18. The SMILES string of the molecule is CCc1nc(CNC(=NC)NCCCOCCOC)cs1. The third-order valence-electron chi connectivity index (χ3n) is 2.75. The molecule has 0 saturated heterocycles. The van der Waals surface area contributed by atoms with Crippen molar-refractivity contribution in [1.29, 1.82) is 0 Å². The van der Waals surface area contributed by atoms with E-state index >= 15 is 0 Å². The highest BCUT2D eigenvalue weighted by atomic mass is 32.1. The lowest BCUT2D eigenvalue weighted by atomic mass is 10.4. The van der Waals surface area contributed by atoms with Crippen LogP contribution < -0.4 is 10.6 Å². The molecule has 1 heterocycles. The summed E-state index contributed by atoms with van der Waals surface area (Å²) in [7, 11) is 3.44. The van der Waals surface area contributed by atoms with E-state index in [1.807, 2.05) is 0 Å². The van der Waals surface area contributed by atoms with E-state index in [1.165, 1.54) is 5.01 Å². The molecule has 120 valence electrons. The zero-order chi connectivity index (χ0) is 15.3. The summed E-state index contributed by atoms with van der Waals surface area (Å²) < 4.78 is 10.3. The van der Waals surface area contributed by atoms with E-state index in [2.05, 4.69) is 32.9 Å². The molecule has 0 spiro atoms. The minimum Gasteiger partial charge on any atom is -0.382 e. The molecular weight excluding hydrogens is 288 g/mol. The molecule has 0 saturated carbocycles. The zero-order valence-corrected chi connectivity index (χ0v) is 14.0. The summed E-state index contributed by atoms with van der Waals surface area (Å²) in [6.45, 7) is 5.64. The highest BCUT2D eigenvalue weighted by molar-refractivity contribution is 7.09. The number of methoxy groups -OCH3 is 1. The van der Waals surface area contributed by atoms with E-state index in [9.17, 15) is 0 Å². The second-order valence-corrected chi connectivity index (χ2v) is 5.34. The van der Waals surface area contributed by atoms with Crippen LogP contribution in [0.4, 0.5) is 0 Å². The minimum absolute atomic E-state index is 0.643. The van der Waals surface area contributed by atoms with Gasteiger partial charge in [-0.1, -0.05) is 6.92 Å². The van der Waals surface area contributed by atoms with Crippen molar-refractivity contribution in [2.75, 3.05) is 40.5 Å². The number of hydrogen-bond donors (Lipinski definition) is 2. The lowest BCUT2D eigenvalue weighted by molar-refractivity contribution is 0.0698. The lowest BCUT2D eigenvalue weighted by Crippen LogP contribution is -2.37. The van der Waals surface area contributed by atoms with Crippen LogP contribution in [0.25, 0.3) is 0 Å². The van der Waals surface area contributed by atoms with E-state index in [-0.39, 0.29) is 0 Å². The van der Waals surface area contributed by atoms with E-state index in [0.29, 0.717) is 19.8 Å². The molecule has 0 fully saturated rings. The van der Waals surface area contributed by atoms with Crippen molar-refractivity contribution in [2.24, 2.45) is 4.99 Å². The van der Waals surface area contributed by atoms with Gasteiger partial charge in [0.25, 0.3) is 0 Å². The molecule has 0 unspecified atom stereocenters. The molecule has 2 N–H and O–H groups in total. The van der Waals surface area contributed by atoms with E-state index in [1.54, 1.807) is 25.5 Å². The van der Waals surface area contributed by atoms with Gasteiger partial charge in [-0.05, 0) is 12.8 Å². The largest absolute Gasteiger partial charge is 0.382 e. The Kier molecular flexibility index (Phi) is 9.77. The number of aromatic nitrogens is 1. The second-order valence-electron chi connectivity index (χ2n) is 4.40. The van der Waals surface area contributed by atoms with Crippen LogP contribution in [-0.2, 0) is 22.4 Å². The van der Waals surface area contributed by atoms with E-state index in [0.717, 1.165) is 37.6 Å². The highest BCUT2D eigenvalue weighted by Crippen LogP contribution is 2.09. The van der Waals surface area contributed by atoms with Crippen molar-refractivity contribution < 1.29 is 9.47 Å². The molecule has 1 rings (SSSR count). The smallest absolute Gasteiger partial charge is 0.191 e. The number of rotatable bonds is 10. The van der Waals surface area contributed by atoms with Gasteiger partial charge in [0.05, 0.1) is 30.5 Å². The van der Waals surface area contributed by atoms with Crippen LogP contribution in [0.5, 0.6) is 0 Å². The monoisotopic (exact) mass is 314 g/mol. The average Bonchev–Trinajstić information content (AvgIpc) is 2.97. The number of nitrogens with zero attached hydrogens (tertiary/aromatic N) is 2. The Bertz CT molecular complexity index is 409. The molecular formula is C14H26N4O2S. The predicted molar refractivity (Wildman–Crippen MR) is 87.0 cm³/mol. The van der Waals surface area contributed by atoms with Gasteiger partial charge in [-0.3, -0.25) is 4.99 Å². The number of aliphatic imine (C=N–C) groups is 1. The molecule has 0 aliphatic carbocycles. The molecule has 0 aliphatic heterocycles. The first-order valence-corrected chi connectivity index (χ1v) is 8.12. The first-order chi connectivity index (χ1) is 10.3. The van der Waals surface area contributed by atoms with Crippen LogP contribution in [0.2, 0.25) is 0 Å². The quantitative estimate of drug-likeness (QED) is 0.388. The maximum atomic E-state index is 5.40. The molecule has 21 heavy (non-hydrogen) atoms. The summed E-state index contributed by atoms with van der Waals surface area (Å²) in [6, 6.07) is 0. The molecule has 1 aromatic heterocycles. The third-order valence-corrected chi connectivity index (χ3v) is 3.79. The van der Waals surface area contributed by atoms with Crippen molar-refractivity contribution in [3.8, 4) is 0 Å². The van der Waals surface area contributed by atoms with Crippen LogP contribution >= 0.6 is 11.3 Å². The number of nitrogens with one attached hydrogen (secondary N) is 2. The number of guanidine groups is 1. The minimum atomic E-state index is 0.643. The molecule has 0 aliphatic rings. The van der Waals surface area contributed by atoms with Gasteiger partial charge in [-0.25, -0.2) is 4.98 Å². The van der Waals surface area contributed by atoms with Crippen molar-refractivity contribution in [2.45, 2.75) is 26.3 Å². The average molecular weight is 314 g/mol. The topological polar surface area (TPSA) is 67.8 Å². The standard InChI is InChI=1S/C14H26N4O2S/c1-4-13-18-12(11-21-13)10-17-14(15-2)16-6-5-7-20-9-8-19-3/h11H,4-10H2,1-3H3,(H2,15,16,17). The number of thiazole rings is 1. The summed E-state index contributed by atoms with van der Waals surface area (Å²) in [5.41, 5.74) is 1.06. The van der Waals surface area contributed by atoms with Crippen LogP contribution in [0, 0.1) is 0 Å². The fraction of sp³-hybridized carbons (Fsp3) is 0.714. The van der Waals surface area contributed by atoms with Crippen molar-refractivity contribution in [1.82, 2.24) is 15.6 Å². The van der Waals surface area contributed by atoms with Gasteiger partial charge in [0.1, 0.15) is 0 Å². The van der Waals surface area contributed by atoms with Crippen LogP contribution in [0.1, 0.15) is 24.0 Å². The van der Waals surface area contributed by atoms with Crippen LogP contribution in [0.3, 0.4) is 0 Å². The molecule has 0 radical (unpaired) electrons. The lowest BCUT2D eigenvalue weighted by Gasteiger charge is -2.11. The number of hydrogen-bond acceptors (Lipinski definition) is 5. The Morgan fingerprint density at radius 2 is 2.19 bits per heavy atom. The van der Waals surface area contributed by atoms with Gasteiger partial charge in [0.15, 0.2) is 5.96 Å². The zero-order valence-electron chi connectivity index (χ0n) is 13.1. The summed E-state index contributed by atoms with van der Waals surface area (Å²) >= 11 is 1.70. The summed E-state index contributed by atoms with van der Waals surface area (Å²) in [5.74, 6) is 0.790. The fourth-order valence-corrected chi connectivity index (χ4v) is 2.36. The molecule has 0 bridgehead atoms. The van der Waals surface area contributed by atoms with Crippen LogP contribution in [0.15, 0.2) is 10.4 Å². The summed E-state index contributed by atoms with van der Waals surface area (Å²) in [4.78, 5) is 8.70. The highest BCUT2D eigenvalue weighted by Gasteiger charge is 2.02. The van der Waals surface area contributed by atoms with Crippen LogP contribution in [-0.4, -0.2) is 51.5 Å². The Balaban J connectivity index is 2.11. The first-order valence-electron chi connectivity index (χ1n) is 7.24. The van der Waals surface area contributed by atoms with Gasteiger partial charge in [0, 0.05) is 32.7 Å². The maximum absolute atomic E-state index is 5.40. The Morgan fingerprint density at radius 1 is 1.33 bits per heavy atom. The Morgan fingerprint density at radius 3 is 2.86 bits per heavy atom. The van der Waals surface area contributed by atoms with Crippen molar-refractivity contribution >= 4 is 17.3 Å². The third kappa shape index (κ3) is 7.99. The predicted octanol–water partition coefficient (Wildman–Crippen LogP) is 1.42. The van der Waals surface area contributed by atoms with Gasteiger partial charge >= 0.3 is 0 Å². The summed E-state index contributed by atoms with van der Waals surface area (Å²) in [5, 5.41) is 9.77. The number of ether oxygens (including phenoxy) is 2. The normalized spacial score (nSPS) is 11.7.